The minimum Gasteiger partial charge on any atom is -0.372 e. The van der Waals surface area contributed by atoms with Gasteiger partial charge in [-0.2, -0.15) is 0 Å². The molecule has 2 saturated heterocycles. The summed E-state index contributed by atoms with van der Waals surface area (Å²) in [5.41, 5.74) is 5.04. The summed E-state index contributed by atoms with van der Waals surface area (Å²) in [6.45, 7) is 19.6. The number of hydrogen-bond acceptors (Lipinski definition) is 4. The molecule has 0 N–H and O–H groups in total. The van der Waals surface area contributed by atoms with Gasteiger partial charge in [0, 0.05) is 50.6 Å². The van der Waals surface area contributed by atoms with Crippen molar-refractivity contribution in [1.82, 2.24) is 4.90 Å². The van der Waals surface area contributed by atoms with Crippen LogP contribution in [0.3, 0.4) is 0 Å². The molecule has 2 aliphatic heterocycles. The first-order chi connectivity index (χ1) is 15.3. The highest BCUT2D eigenvalue weighted by atomic mass is 35.5. The summed E-state index contributed by atoms with van der Waals surface area (Å²) in [5, 5.41) is 0. The maximum absolute atomic E-state index is 6.01. The van der Waals surface area contributed by atoms with Gasteiger partial charge in [0.05, 0.1) is 12.2 Å². The number of halogens is 1. The molecule has 1 saturated carbocycles. The van der Waals surface area contributed by atoms with E-state index >= 15 is 0 Å². The Morgan fingerprint density at radius 1 is 0.939 bits per heavy atom. The highest BCUT2D eigenvalue weighted by Crippen LogP contribution is 2.45. The third kappa shape index (κ3) is 6.80. The number of ether oxygens (including phenoxy) is 1. The molecule has 0 amide bonds. The average molecular weight is 478 g/mol. The minimum atomic E-state index is 0. The van der Waals surface area contributed by atoms with Crippen molar-refractivity contribution in [3.8, 4) is 0 Å². The molecule has 0 aromatic heterocycles. The van der Waals surface area contributed by atoms with Crippen LogP contribution in [0.4, 0.5) is 11.4 Å². The van der Waals surface area contributed by atoms with Gasteiger partial charge in [-0.15, -0.1) is 12.4 Å². The molecule has 33 heavy (non-hydrogen) atoms. The molecular weight excluding hydrogens is 430 g/mol. The number of rotatable bonds is 6. The summed E-state index contributed by atoms with van der Waals surface area (Å²) < 4.78 is 6.01. The second-order valence-corrected chi connectivity index (χ2v) is 11.5. The Labute approximate surface area is 209 Å². The fourth-order valence-electron chi connectivity index (χ4n) is 6.05. The lowest BCUT2D eigenvalue weighted by Gasteiger charge is -2.41. The van der Waals surface area contributed by atoms with Crippen LogP contribution in [0.2, 0.25) is 0 Å². The molecular formula is C28H48ClN3O. The van der Waals surface area contributed by atoms with Gasteiger partial charge in [-0.05, 0) is 87.6 Å². The number of hydrogen-bond donors (Lipinski definition) is 0. The zero-order chi connectivity index (χ0) is 22.7. The Bertz CT molecular complexity index is 727. The van der Waals surface area contributed by atoms with Crippen LogP contribution < -0.4 is 9.80 Å². The van der Waals surface area contributed by atoms with E-state index < -0.39 is 0 Å². The minimum absolute atomic E-state index is 0. The third-order valence-electron chi connectivity index (χ3n) is 8.12. The quantitative estimate of drug-likeness (QED) is 0.476. The first-order valence-corrected chi connectivity index (χ1v) is 13.4. The molecule has 2 atom stereocenters. The molecule has 2 unspecified atom stereocenters. The average Bonchev–Trinajstić information content (AvgIpc) is 2.77. The first kappa shape index (κ1) is 26.6. The van der Waals surface area contributed by atoms with Crippen LogP contribution in [-0.2, 0) is 4.74 Å². The number of benzene rings is 1. The van der Waals surface area contributed by atoms with Crippen LogP contribution >= 0.6 is 12.4 Å². The summed E-state index contributed by atoms with van der Waals surface area (Å²) in [5.74, 6) is 0.701. The Morgan fingerprint density at radius 2 is 1.58 bits per heavy atom. The molecule has 0 spiro atoms. The maximum Gasteiger partial charge on any atom is 0.0726 e. The third-order valence-corrected chi connectivity index (χ3v) is 8.12. The molecule has 2 heterocycles. The van der Waals surface area contributed by atoms with Crippen molar-refractivity contribution in [3.05, 3.63) is 23.8 Å². The second kappa shape index (κ2) is 11.6. The molecule has 5 heteroatoms. The second-order valence-electron chi connectivity index (χ2n) is 11.5. The maximum atomic E-state index is 6.01. The predicted octanol–water partition coefficient (Wildman–Crippen LogP) is 6.33. The largest absolute Gasteiger partial charge is 0.372 e. The fraction of sp³-hybridized carbons (Fsp3) is 0.786. The van der Waals surface area contributed by atoms with Crippen molar-refractivity contribution in [2.45, 2.75) is 91.3 Å². The van der Waals surface area contributed by atoms with E-state index in [1.54, 1.807) is 5.56 Å². The molecule has 0 bridgehead atoms. The molecule has 1 aromatic rings. The van der Waals surface area contributed by atoms with E-state index in [1.165, 1.54) is 82.6 Å². The van der Waals surface area contributed by atoms with Crippen LogP contribution in [0, 0.1) is 5.41 Å². The van der Waals surface area contributed by atoms with Crippen molar-refractivity contribution in [2.24, 2.45) is 5.41 Å². The SMILES string of the molecule is CCCCN1CCN(c2ccc(N3CC(C)OC(C)C3)cc2C2CCC(C)(C)CC2)CC1.Cl. The van der Waals surface area contributed by atoms with Crippen LogP contribution in [0.15, 0.2) is 18.2 Å². The van der Waals surface area contributed by atoms with Crippen molar-refractivity contribution >= 4 is 23.8 Å². The van der Waals surface area contributed by atoms with Crippen LogP contribution in [-0.4, -0.2) is 62.9 Å². The zero-order valence-electron chi connectivity index (χ0n) is 21.8. The zero-order valence-corrected chi connectivity index (χ0v) is 22.6. The Morgan fingerprint density at radius 3 is 2.18 bits per heavy atom. The van der Waals surface area contributed by atoms with Gasteiger partial charge in [-0.3, -0.25) is 4.90 Å². The van der Waals surface area contributed by atoms with Crippen molar-refractivity contribution in [2.75, 3.05) is 55.6 Å². The molecule has 188 valence electrons. The monoisotopic (exact) mass is 477 g/mol. The van der Waals surface area contributed by atoms with Crippen LogP contribution in [0.25, 0.3) is 0 Å². The number of morpholine rings is 1. The van der Waals surface area contributed by atoms with E-state index in [0.29, 0.717) is 23.5 Å². The van der Waals surface area contributed by atoms with Gasteiger partial charge in [-0.25, -0.2) is 0 Å². The molecule has 4 rings (SSSR count). The summed E-state index contributed by atoms with van der Waals surface area (Å²) >= 11 is 0. The van der Waals surface area contributed by atoms with Gasteiger partial charge in [-0.1, -0.05) is 27.2 Å². The molecule has 0 radical (unpaired) electrons. The van der Waals surface area contributed by atoms with E-state index in [1.807, 2.05) is 0 Å². The standard InChI is InChI=1S/C28H47N3O.ClH/c1-6-7-14-29-15-17-30(18-16-29)27-9-8-25(31-20-22(2)32-23(3)21-31)19-26(27)24-10-12-28(4,5)13-11-24;/h8-9,19,22-24H,6-7,10-18,20-21H2,1-5H3;1H. The van der Waals surface area contributed by atoms with Crippen LogP contribution in [0.5, 0.6) is 0 Å². The Hall–Kier alpha value is -0.970. The predicted molar refractivity (Wildman–Crippen MR) is 144 cm³/mol. The van der Waals surface area contributed by atoms with E-state index in [-0.39, 0.29) is 12.4 Å². The van der Waals surface area contributed by atoms with Gasteiger partial charge in [0.25, 0.3) is 0 Å². The van der Waals surface area contributed by atoms with Crippen molar-refractivity contribution in [1.29, 1.82) is 0 Å². The number of piperazine rings is 1. The van der Waals surface area contributed by atoms with Crippen molar-refractivity contribution in [3.63, 3.8) is 0 Å². The molecule has 3 fully saturated rings. The van der Waals surface area contributed by atoms with Gasteiger partial charge in [0.1, 0.15) is 0 Å². The number of unbranched alkanes of at least 4 members (excludes halogenated alkanes) is 1. The molecule has 3 aliphatic rings. The van der Waals surface area contributed by atoms with Crippen molar-refractivity contribution < 1.29 is 4.74 Å². The van der Waals surface area contributed by atoms with E-state index in [4.69, 9.17) is 4.74 Å². The van der Waals surface area contributed by atoms with E-state index in [9.17, 15) is 0 Å². The molecule has 1 aromatic carbocycles. The summed E-state index contributed by atoms with van der Waals surface area (Å²) in [7, 11) is 0. The van der Waals surface area contributed by atoms with Gasteiger partial charge >= 0.3 is 0 Å². The van der Waals surface area contributed by atoms with Gasteiger partial charge in [0.2, 0.25) is 0 Å². The smallest absolute Gasteiger partial charge is 0.0726 e. The van der Waals surface area contributed by atoms with Gasteiger partial charge < -0.3 is 14.5 Å². The summed E-state index contributed by atoms with van der Waals surface area (Å²) in [6.07, 6.45) is 8.57. The normalized spacial score (nSPS) is 26.8. The topological polar surface area (TPSA) is 19.0 Å². The molecule has 1 aliphatic carbocycles. The highest BCUT2D eigenvalue weighted by Gasteiger charge is 2.31. The Balaban J connectivity index is 0.00000306. The van der Waals surface area contributed by atoms with E-state index in [2.05, 4.69) is 67.5 Å². The lowest BCUT2D eigenvalue weighted by molar-refractivity contribution is -0.00522. The summed E-state index contributed by atoms with van der Waals surface area (Å²) in [4.78, 5) is 7.90. The summed E-state index contributed by atoms with van der Waals surface area (Å²) in [6, 6.07) is 7.41. The Kier molecular flexibility index (Phi) is 9.39. The van der Waals surface area contributed by atoms with E-state index in [0.717, 1.165) is 13.1 Å². The van der Waals surface area contributed by atoms with Gasteiger partial charge in [0.15, 0.2) is 0 Å². The van der Waals surface area contributed by atoms with Crippen LogP contribution in [0.1, 0.15) is 84.6 Å². The lowest BCUT2D eigenvalue weighted by atomic mass is 9.71. The number of nitrogens with zero attached hydrogens (tertiary/aromatic N) is 3. The lowest BCUT2D eigenvalue weighted by Crippen LogP contribution is -2.47. The fourth-order valence-corrected chi connectivity index (χ4v) is 6.05. The molecule has 4 nitrogen and oxygen atoms in total. The highest BCUT2D eigenvalue weighted by molar-refractivity contribution is 5.85. The first-order valence-electron chi connectivity index (χ1n) is 13.4. The number of anilines is 2.